The third-order valence-electron chi connectivity index (χ3n) is 8.56. The van der Waals surface area contributed by atoms with Crippen LogP contribution >= 0.6 is 0 Å². The number of nitriles is 1. The minimum absolute atomic E-state index is 0.156. The van der Waals surface area contributed by atoms with Gasteiger partial charge in [-0.2, -0.15) is 5.26 Å². The van der Waals surface area contributed by atoms with Gasteiger partial charge in [0.05, 0.1) is 18.8 Å². The van der Waals surface area contributed by atoms with Crippen LogP contribution < -0.4 is 9.47 Å². The van der Waals surface area contributed by atoms with E-state index in [-0.39, 0.29) is 13.2 Å². The highest BCUT2D eigenvalue weighted by molar-refractivity contribution is 5.74. The van der Waals surface area contributed by atoms with Gasteiger partial charge < -0.3 is 19.3 Å². The van der Waals surface area contributed by atoms with Gasteiger partial charge in [0.2, 0.25) is 0 Å². The lowest BCUT2D eigenvalue weighted by molar-refractivity contribution is -0.150. The van der Waals surface area contributed by atoms with Crippen LogP contribution in [0.2, 0.25) is 0 Å². The summed E-state index contributed by atoms with van der Waals surface area (Å²) in [6.07, 6.45) is 5.96. The molecule has 1 N–H and O–H groups in total. The molecule has 0 bridgehead atoms. The Balaban J connectivity index is 1.33. The zero-order chi connectivity index (χ0) is 30.5. The van der Waals surface area contributed by atoms with Crippen LogP contribution in [0, 0.1) is 18.3 Å². The highest BCUT2D eigenvalue weighted by atomic mass is 16.5. The van der Waals surface area contributed by atoms with Gasteiger partial charge in [0, 0.05) is 42.7 Å². The fraction of sp³-hybridized carbons (Fsp3) is 0.306. The van der Waals surface area contributed by atoms with Gasteiger partial charge in [-0.25, -0.2) is 0 Å². The summed E-state index contributed by atoms with van der Waals surface area (Å²) in [7, 11) is 0. The van der Waals surface area contributed by atoms with Crippen LogP contribution in [0.5, 0.6) is 11.5 Å². The van der Waals surface area contributed by atoms with E-state index in [1.54, 1.807) is 12.3 Å². The summed E-state index contributed by atoms with van der Waals surface area (Å²) in [6, 6.07) is 21.8. The number of rotatable bonds is 10. The first-order valence-electron chi connectivity index (χ1n) is 15.0. The Bertz CT molecular complexity index is 1700. The lowest BCUT2D eigenvalue weighted by Gasteiger charge is -2.34. The summed E-state index contributed by atoms with van der Waals surface area (Å²) in [6.45, 7) is 4.36. The number of hydrogen-bond acceptors (Lipinski definition) is 7. The molecule has 8 nitrogen and oxygen atoms in total. The summed E-state index contributed by atoms with van der Waals surface area (Å²) in [5.41, 5.74) is 9.22. The number of carbonyl (C=O) groups is 1. The first kappa shape index (κ1) is 29.4. The van der Waals surface area contributed by atoms with Crippen LogP contribution in [-0.4, -0.2) is 46.8 Å². The summed E-state index contributed by atoms with van der Waals surface area (Å²) < 4.78 is 18.5. The van der Waals surface area contributed by atoms with E-state index in [0.29, 0.717) is 37.6 Å². The molecule has 1 saturated heterocycles. The molecule has 224 valence electrons. The monoisotopic (exact) mass is 589 g/mol. The predicted molar refractivity (Wildman–Crippen MR) is 165 cm³/mol. The molecule has 2 aliphatic rings. The number of aliphatic carboxylic acids is 1. The second kappa shape index (κ2) is 13.3. The fourth-order valence-electron chi connectivity index (χ4n) is 6.19. The standard InChI is InChI=1S/C36H35N3O5/c1-24-28(9-5-10-29(24)27-7-3-2-4-8-27)22-44-34-16-35(43-21-26-15-25(17-37)18-38-19-26)32(30-11-6-12-31(30)34)20-39-13-14-42-23-33(39)36(40)41/h2-5,7-10,15-16,18-19,33H,6,11-14,20-23H2,1H3,(H,40,41). The quantitative estimate of drug-likeness (QED) is 0.245. The number of pyridine rings is 1. The highest BCUT2D eigenvalue weighted by Gasteiger charge is 2.32. The van der Waals surface area contributed by atoms with E-state index in [1.165, 1.54) is 28.5 Å². The molecule has 8 heteroatoms. The molecule has 1 aliphatic carbocycles. The van der Waals surface area contributed by atoms with Crippen molar-refractivity contribution in [2.75, 3.05) is 19.8 Å². The zero-order valence-electron chi connectivity index (χ0n) is 24.8. The number of carboxylic acid groups (broad SMARTS) is 1. The number of hydrogen-bond donors (Lipinski definition) is 1. The first-order chi connectivity index (χ1) is 21.5. The maximum absolute atomic E-state index is 12.1. The third-order valence-corrected chi connectivity index (χ3v) is 8.56. The smallest absolute Gasteiger partial charge is 0.323 e. The van der Waals surface area contributed by atoms with Crippen LogP contribution in [0.25, 0.3) is 11.1 Å². The molecule has 1 atom stereocenters. The van der Waals surface area contributed by atoms with E-state index in [9.17, 15) is 15.2 Å². The van der Waals surface area contributed by atoms with Crippen LogP contribution in [0.4, 0.5) is 0 Å². The third kappa shape index (κ3) is 6.30. The van der Waals surface area contributed by atoms with Gasteiger partial charge in [-0.05, 0) is 65.6 Å². The maximum Gasteiger partial charge on any atom is 0.323 e. The minimum atomic E-state index is -0.892. The Labute approximate surface area is 257 Å². The van der Waals surface area contributed by atoms with Gasteiger partial charge in [0.15, 0.2) is 0 Å². The molecule has 0 spiro atoms. The van der Waals surface area contributed by atoms with Crippen molar-refractivity contribution >= 4 is 5.97 Å². The second-order valence-corrected chi connectivity index (χ2v) is 11.3. The Morgan fingerprint density at radius 1 is 1.05 bits per heavy atom. The largest absolute Gasteiger partial charge is 0.488 e. The van der Waals surface area contributed by atoms with Crippen molar-refractivity contribution in [1.82, 2.24) is 9.88 Å². The zero-order valence-corrected chi connectivity index (χ0v) is 24.8. The van der Waals surface area contributed by atoms with Crippen molar-refractivity contribution in [3.05, 3.63) is 112 Å². The number of nitrogens with zero attached hydrogens (tertiary/aromatic N) is 3. The Morgan fingerprint density at radius 3 is 2.68 bits per heavy atom. The van der Waals surface area contributed by atoms with Gasteiger partial charge >= 0.3 is 5.97 Å². The molecule has 1 unspecified atom stereocenters. The Morgan fingerprint density at radius 2 is 1.86 bits per heavy atom. The van der Waals surface area contributed by atoms with E-state index in [0.717, 1.165) is 47.3 Å². The van der Waals surface area contributed by atoms with Crippen LogP contribution in [0.15, 0.2) is 73.1 Å². The van der Waals surface area contributed by atoms with E-state index in [2.05, 4.69) is 48.3 Å². The van der Waals surface area contributed by atoms with Gasteiger partial charge in [-0.3, -0.25) is 14.7 Å². The molecular formula is C36H35N3O5. The molecule has 44 heavy (non-hydrogen) atoms. The molecule has 1 fully saturated rings. The summed E-state index contributed by atoms with van der Waals surface area (Å²) in [5, 5.41) is 19.2. The summed E-state index contributed by atoms with van der Waals surface area (Å²) in [5.74, 6) is 0.561. The molecule has 1 aliphatic heterocycles. The molecule has 6 rings (SSSR count). The topological polar surface area (TPSA) is 105 Å². The van der Waals surface area contributed by atoms with Crippen molar-refractivity contribution in [2.45, 2.75) is 52.0 Å². The molecule has 1 aromatic heterocycles. The second-order valence-electron chi connectivity index (χ2n) is 11.3. The van der Waals surface area contributed by atoms with E-state index >= 15 is 0 Å². The van der Waals surface area contributed by atoms with E-state index < -0.39 is 12.0 Å². The van der Waals surface area contributed by atoms with Crippen molar-refractivity contribution in [2.24, 2.45) is 0 Å². The summed E-state index contributed by atoms with van der Waals surface area (Å²) >= 11 is 0. The number of benzene rings is 3. The lowest BCUT2D eigenvalue weighted by atomic mass is 9.96. The Kier molecular flexibility index (Phi) is 8.87. The lowest BCUT2D eigenvalue weighted by Crippen LogP contribution is -2.49. The van der Waals surface area contributed by atoms with Crippen molar-refractivity contribution in [3.8, 4) is 28.7 Å². The average molecular weight is 590 g/mol. The number of carboxylic acids is 1. The van der Waals surface area contributed by atoms with Gasteiger partial charge in [0.25, 0.3) is 0 Å². The number of aromatic nitrogens is 1. The molecule has 4 aromatic rings. The molecule has 0 amide bonds. The van der Waals surface area contributed by atoms with Crippen LogP contribution in [-0.2, 0) is 42.1 Å². The number of fused-ring (bicyclic) bond motifs is 1. The van der Waals surface area contributed by atoms with Crippen LogP contribution in [0.1, 0.15) is 45.4 Å². The van der Waals surface area contributed by atoms with Crippen molar-refractivity contribution in [3.63, 3.8) is 0 Å². The van der Waals surface area contributed by atoms with Gasteiger partial charge in [0.1, 0.15) is 36.8 Å². The van der Waals surface area contributed by atoms with E-state index in [4.69, 9.17) is 14.2 Å². The average Bonchev–Trinajstić information content (AvgIpc) is 3.55. The first-order valence-corrected chi connectivity index (χ1v) is 15.0. The van der Waals surface area contributed by atoms with E-state index in [1.807, 2.05) is 29.2 Å². The minimum Gasteiger partial charge on any atom is -0.488 e. The Hall–Kier alpha value is -4.71. The molecular weight excluding hydrogens is 554 g/mol. The van der Waals surface area contributed by atoms with Crippen molar-refractivity contribution < 1.29 is 24.1 Å². The molecule has 2 heterocycles. The summed E-state index contributed by atoms with van der Waals surface area (Å²) in [4.78, 5) is 18.2. The SMILES string of the molecule is Cc1c(COc2cc(OCc3cncc(C#N)c3)c(CN3CCOCC3C(=O)O)c3c2CCC3)cccc1-c1ccccc1. The fourth-order valence-corrected chi connectivity index (χ4v) is 6.19. The number of morpholine rings is 1. The number of ether oxygens (including phenoxy) is 3. The maximum atomic E-state index is 12.1. The highest BCUT2D eigenvalue weighted by Crippen LogP contribution is 2.41. The predicted octanol–water partition coefficient (Wildman–Crippen LogP) is 5.86. The van der Waals surface area contributed by atoms with Gasteiger partial charge in [-0.1, -0.05) is 48.5 Å². The molecule has 3 aromatic carbocycles. The van der Waals surface area contributed by atoms with Crippen LogP contribution in [0.3, 0.4) is 0 Å². The van der Waals surface area contributed by atoms with Gasteiger partial charge in [-0.15, -0.1) is 0 Å². The normalized spacial score (nSPS) is 16.2. The molecule has 0 saturated carbocycles. The molecule has 0 radical (unpaired) electrons. The van der Waals surface area contributed by atoms with Crippen molar-refractivity contribution in [1.29, 1.82) is 5.26 Å².